The molecule has 0 amide bonds. The molecule has 0 aliphatic rings. The van der Waals surface area contributed by atoms with E-state index in [4.69, 9.17) is 5.73 Å². The Balaban J connectivity index is 2.54. The van der Waals surface area contributed by atoms with Crippen LogP contribution in [-0.2, 0) is 6.42 Å². The van der Waals surface area contributed by atoms with Gasteiger partial charge in [-0.15, -0.1) is 11.3 Å². The lowest BCUT2D eigenvalue weighted by molar-refractivity contribution is 0.405. The minimum atomic E-state index is -0.0744. The van der Waals surface area contributed by atoms with Gasteiger partial charge in [0.15, 0.2) is 11.5 Å². The molecule has 0 atom stereocenters. The SMILES string of the molecule is NCCc1cc2cc(O)c(O)cc2s1. The Morgan fingerprint density at radius 3 is 2.57 bits per heavy atom. The molecular formula is C10H11NO2S. The summed E-state index contributed by atoms with van der Waals surface area (Å²) in [7, 11) is 0. The third kappa shape index (κ3) is 1.54. The molecule has 0 unspecified atom stereocenters. The fraction of sp³-hybridized carbons (Fsp3) is 0.200. The standard InChI is InChI=1S/C10H11NO2S/c11-2-1-7-3-6-4-8(12)9(13)5-10(6)14-7/h3-5,12-13H,1-2,11H2. The highest BCUT2D eigenvalue weighted by Gasteiger charge is 2.05. The van der Waals surface area contributed by atoms with Crippen molar-refractivity contribution in [2.45, 2.75) is 6.42 Å². The van der Waals surface area contributed by atoms with Crippen LogP contribution in [0.5, 0.6) is 11.5 Å². The molecular weight excluding hydrogens is 198 g/mol. The second-order valence-corrected chi connectivity index (χ2v) is 4.30. The lowest BCUT2D eigenvalue weighted by Crippen LogP contribution is -2.00. The van der Waals surface area contributed by atoms with Gasteiger partial charge in [0.2, 0.25) is 0 Å². The highest BCUT2D eigenvalue weighted by atomic mass is 32.1. The number of thiophene rings is 1. The van der Waals surface area contributed by atoms with Crippen molar-refractivity contribution < 1.29 is 10.2 Å². The average Bonchev–Trinajstić information content (AvgIpc) is 2.48. The van der Waals surface area contributed by atoms with E-state index in [-0.39, 0.29) is 11.5 Å². The van der Waals surface area contributed by atoms with Crippen LogP contribution in [0, 0.1) is 0 Å². The molecule has 0 fully saturated rings. The summed E-state index contributed by atoms with van der Waals surface area (Å²) >= 11 is 1.59. The minimum Gasteiger partial charge on any atom is -0.504 e. The smallest absolute Gasteiger partial charge is 0.158 e. The molecule has 0 aliphatic carbocycles. The van der Waals surface area contributed by atoms with Gasteiger partial charge in [0.05, 0.1) is 0 Å². The van der Waals surface area contributed by atoms with Crippen LogP contribution in [-0.4, -0.2) is 16.8 Å². The highest BCUT2D eigenvalue weighted by molar-refractivity contribution is 7.19. The van der Waals surface area contributed by atoms with Gasteiger partial charge in [0.1, 0.15) is 0 Å². The molecule has 1 aromatic heterocycles. The zero-order valence-corrected chi connectivity index (χ0v) is 8.34. The maximum atomic E-state index is 9.29. The summed E-state index contributed by atoms with van der Waals surface area (Å²) in [6.07, 6.45) is 0.834. The largest absolute Gasteiger partial charge is 0.504 e. The van der Waals surface area contributed by atoms with E-state index in [9.17, 15) is 10.2 Å². The molecule has 74 valence electrons. The molecule has 0 saturated carbocycles. The van der Waals surface area contributed by atoms with Gasteiger partial charge in [-0.3, -0.25) is 0 Å². The highest BCUT2D eigenvalue weighted by Crippen LogP contribution is 2.34. The fourth-order valence-corrected chi connectivity index (χ4v) is 2.48. The fourth-order valence-electron chi connectivity index (χ4n) is 1.38. The molecule has 4 heteroatoms. The maximum Gasteiger partial charge on any atom is 0.158 e. The number of hydrogen-bond acceptors (Lipinski definition) is 4. The van der Waals surface area contributed by atoms with Crippen molar-refractivity contribution in [3.63, 3.8) is 0 Å². The van der Waals surface area contributed by atoms with Crippen LogP contribution in [0.3, 0.4) is 0 Å². The molecule has 3 nitrogen and oxygen atoms in total. The van der Waals surface area contributed by atoms with E-state index in [2.05, 4.69) is 0 Å². The van der Waals surface area contributed by atoms with E-state index in [1.807, 2.05) is 6.07 Å². The molecule has 0 spiro atoms. The summed E-state index contributed by atoms with van der Waals surface area (Å²) in [5.74, 6) is -0.145. The van der Waals surface area contributed by atoms with Gasteiger partial charge in [-0.1, -0.05) is 0 Å². The third-order valence-corrected chi connectivity index (χ3v) is 3.21. The van der Waals surface area contributed by atoms with Gasteiger partial charge >= 0.3 is 0 Å². The zero-order valence-electron chi connectivity index (χ0n) is 7.53. The van der Waals surface area contributed by atoms with Crippen LogP contribution in [0.2, 0.25) is 0 Å². The van der Waals surface area contributed by atoms with Gasteiger partial charge < -0.3 is 15.9 Å². The van der Waals surface area contributed by atoms with E-state index in [1.165, 1.54) is 4.88 Å². The zero-order chi connectivity index (χ0) is 10.1. The van der Waals surface area contributed by atoms with Gasteiger partial charge in [-0.05, 0) is 30.5 Å². The Labute approximate surface area is 85.4 Å². The van der Waals surface area contributed by atoms with Crippen LogP contribution >= 0.6 is 11.3 Å². The van der Waals surface area contributed by atoms with E-state index in [0.29, 0.717) is 6.54 Å². The summed E-state index contributed by atoms with van der Waals surface area (Å²) in [6, 6.07) is 5.14. The van der Waals surface area contributed by atoms with Crippen LogP contribution in [0.1, 0.15) is 4.88 Å². The molecule has 0 radical (unpaired) electrons. The molecule has 4 N–H and O–H groups in total. The summed E-state index contributed by atoms with van der Waals surface area (Å²) in [6.45, 7) is 0.616. The molecule has 0 saturated heterocycles. The number of fused-ring (bicyclic) bond motifs is 1. The number of benzene rings is 1. The van der Waals surface area contributed by atoms with Gasteiger partial charge in [0, 0.05) is 15.6 Å². The van der Waals surface area contributed by atoms with E-state index in [0.717, 1.165) is 16.5 Å². The second kappa shape index (κ2) is 3.48. The first-order valence-corrected chi connectivity index (χ1v) is 5.17. The van der Waals surface area contributed by atoms with Crippen LogP contribution in [0.25, 0.3) is 10.1 Å². The second-order valence-electron chi connectivity index (χ2n) is 3.13. The van der Waals surface area contributed by atoms with Crippen molar-refractivity contribution in [3.8, 4) is 11.5 Å². The lowest BCUT2D eigenvalue weighted by atomic mass is 10.2. The van der Waals surface area contributed by atoms with Crippen molar-refractivity contribution in [1.82, 2.24) is 0 Å². The first-order chi connectivity index (χ1) is 6.70. The van der Waals surface area contributed by atoms with Crippen molar-refractivity contribution in [2.24, 2.45) is 5.73 Å². The third-order valence-electron chi connectivity index (χ3n) is 2.06. The predicted molar refractivity (Wildman–Crippen MR) is 57.9 cm³/mol. The summed E-state index contributed by atoms with van der Waals surface area (Å²) < 4.78 is 0.976. The number of rotatable bonds is 2. The van der Waals surface area contributed by atoms with Gasteiger partial charge in [0.25, 0.3) is 0 Å². The molecule has 1 heterocycles. The Bertz CT molecular complexity index is 425. The number of phenols is 2. The number of phenolic OH excluding ortho intramolecular Hbond substituents is 2. The van der Waals surface area contributed by atoms with Crippen LogP contribution in [0.4, 0.5) is 0 Å². The average molecular weight is 209 g/mol. The minimum absolute atomic E-state index is 0.0707. The first-order valence-electron chi connectivity index (χ1n) is 4.35. The van der Waals surface area contributed by atoms with Crippen molar-refractivity contribution in [1.29, 1.82) is 0 Å². The number of hydrogen-bond donors (Lipinski definition) is 3. The molecule has 0 aliphatic heterocycles. The van der Waals surface area contributed by atoms with E-state index in [1.54, 1.807) is 23.5 Å². The molecule has 2 rings (SSSR count). The first kappa shape index (κ1) is 9.30. The quantitative estimate of drug-likeness (QED) is 0.661. The Kier molecular flexibility index (Phi) is 2.31. The monoisotopic (exact) mass is 209 g/mol. The predicted octanol–water partition coefficient (Wildman–Crippen LogP) is 1.81. The number of nitrogens with two attached hydrogens (primary N) is 1. The van der Waals surface area contributed by atoms with Crippen LogP contribution in [0.15, 0.2) is 18.2 Å². The Hall–Kier alpha value is -1.26. The lowest BCUT2D eigenvalue weighted by Gasteiger charge is -1.95. The van der Waals surface area contributed by atoms with E-state index >= 15 is 0 Å². The Morgan fingerprint density at radius 2 is 1.86 bits per heavy atom. The molecule has 0 bridgehead atoms. The Morgan fingerprint density at radius 1 is 1.14 bits per heavy atom. The summed E-state index contributed by atoms with van der Waals surface area (Å²) in [5.41, 5.74) is 5.45. The van der Waals surface area contributed by atoms with E-state index < -0.39 is 0 Å². The molecule has 14 heavy (non-hydrogen) atoms. The van der Waals surface area contributed by atoms with Gasteiger partial charge in [-0.2, -0.15) is 0 Å². The summed E-state index contributed by atoms with van der Waals surface area (Å²) in [4.78, 5) is 1.17. The summed E-state index contributed by atoms with van der Waals surface area (Å²) in [5, 5.41) is 19.5. The van der Waals surface area contributed by atoms with Crippen molar-refractivity contribution >= 4 is 21.4 Å². The number of aromatic hydroxyl groups is 2. The molecule has 2 aromatic rings. The van der Waals surface area contributed by atoms with Crippen molar-refractivity contribution in [2.75, 3.05) is 6.54 Å². The van der Waals surface area contributed by atoms with Gasteiger partial charge in [-0.25, -0.2) is 0 Å². The topological polar surface area (TPSA) is 66.5 Å². The van der Waals surface area contributed by atoms with Crippen LogP contribution < -0.4 is 5.73 Å². The van der Waals surface area contributed by atoms with Crippen molar-refractivity contribution in [3.05, 3.63) is 23.1 Å². The molecule has 1 aromatic carbocycles. The normalized spacial score (nSPS) is 10.9. The maximum absolute atomic E-state index is 9.29.